The van der Waals surface area contributed by atoms with Crippen molar-refractivity contribution >= 4 is 22.5 Å². The van der Waals surface area contributed by atoms with E-state index in [1.165, 1.54) is 5.69 Å². The van der Waals surface area contributed by atoms with Gasteiger partial charge in [-0.25, -0.2) is 9.50 Å². The lowest BCUT2D eigenvalue weighted by Gasteiger charge is -2.29. The van der Waals surface area contributed by atoms with Crippen molar-refractivity contribution in [3.8, 4) is 22.3 Å². The Bertz CT molecular complexity index is 1210. The molecule has 164 valence electrons. The number of fused-ring (bicyclic) bond motifs is 1. The number of hydrogen-bond acceptors (Lipinski definition) is 5. The van der Waals surface area contributed by atoms with Gasteiger partial charge in [-0.1, -0.05) is 24.3 Å². The van der Waals surface area contributed by atoms with Gasteiger partial charge in [0.05, 0.1) is 6.20 Å². The fourth-order valence-corrected chi connectivity index (χ4v) is 5.09. The fraction of sp³-hybridized carbons (Fsp3) is 0.280. The number of hydrogen-bond donors (Lipinski definition) is 2. The van der Waals surface area contributed by atoms with Crippen LogP contribution in [0.5, 0.6) is 0 Å². The van der Waals surface area contributed by atoms with Gasteiger partial charge in [0, 0.05) is 61.5 Å². The van der Waals surface area contributed by atoms with Gasteiger partial charge in [-0.15, -0.1) is 0 Å². The molecule has 0 amide bonds. The second kappa shape index (κ2) is 8.94. The van der Waals surface area contributed by atoms with Crippen molar-refractivity contribution in [2.45, 2.75) is 24.0 Å². The predicted octanol–water partition coefficient (Wildman–Crippen LogP) is 4.33. The van der Waals surface area contributed by atoms with Crippen LogP contribution in [0.4, 0.5) is 5.69 Å². The summed E-state index contributed by atoms with van der Waals surface area (Å²) in [5.41, 5.74) is 6.21. The molecule has 1 unspecified atom stereocenters. The van der Waals surface area contributed by atoms with E-state index in [4.69, 9.17) is 4.98 Å². The molecule has 0 saturated carbocycles. The Morgan fingerprint density at radius 1 is 0.969 bits per heavy atom. The summed E-state index contributed by atoms with van der Waals surface area (Å²) in [7, 11) is 0. The van der Waals surface area contributed by atoms with Crippen LogP contribution in [0, 0.1) is 0 Å². The van der Waals surface area contributed by atoms with Crippen molar-refractivity contribution < 1.29 is 4.55 Å². The zero-order valence-corrected chi connectivity index (χ0v) is 19.2. The van der Waals surface area contributed by atoms with Gasteiger partial charge in [0.1, 0.15) is 0 Å². The number of anilines is 1. The van der Waals surface area contributed by atoms with Crippen LogP contribution < -0.4 is 10.2 Å². The van der Waals surface area contributed by atoms with E-state index in [1.54, 1.807) is 0 Å². The molecule has 7 heteroatoms. The summed E-state index contributed by atoms with van der Waals surface area (Å²) in [5, 5.41) is 8.14. The molecule has 2 aromatic heterocycles. The SMILES string of the molecule is CC(C)[S+](O)c1cccc(-c2cnn3cc(-c4ccc(N5CCNCC5)cc4)cnc23)c1. The Hall–Kier alpha value is -2.87. The molecule has 1 aliphatic rings. The lowest BCUT2D eigenvalue weighted by molar-refractivity contribution is 0.589. The molecular formula is C25H28N5OS+. The summed E-state index contributed by atoms with van der Waals surface area (Å²) in [6.07, 6.45) is 5.79. The first-order valence-corrected chi connectivity index (χ1v) is 12.3. The van der Waals surface area contributed by atoms with Gasteiger partial charge in [0.15, 0.2) is 27.0 Å². The molecule has 1 fully saturated rings. The average molecular weight is 447 g/mol. The van der Waals surface area contributed by atoms with Crippen LogP contribution in [0.3, 0.4) is 0 Å². The number of nitrogens with zero attached hydrogens (tertiary/aromatic N) is 4. The summed E-state index contributed by atoms with van der Waals surface area (Å²) >= 11 is -0.778. The lowest BCUT2D eigenvalue weighted by Crippen LogP contribution is -2.43. The zero-order chi connectivity index (χ0) is 22.1. The number of nitrogens with one attached hydrogen (secondary N) is 1. The second-order valence-electron chi connectivity index (χ2n) is 8.34. The topological polar surface area (TPSA) is 65.7 Å². The number of benzene rings is 2. The normalized spacial score (nSPS) is 15.4. The maximum atomic E-state index is 10.5. The van der Waals surface area contributed by atoms with Crippen LogP contribution in [0.1, 0.15) is 13.8 Å². The van der Waals surface area contributed by atoms with Crippen molar-refractivity contribution in [1.29, 1.82) is 0 Å². The Labute approximate surface area is 191 Å². The van der Waals surface area contributed by atoms with Gasteiger partial charge >= 0.3 is 0 Å². The van der Waals surface area contributed by atoms with Crippen molar-refractivity contribution in [1.82, 2.24) is 19.9 Å². The third-order valence-corrected chi connectivity index (χ3v) is 7.50. The standard InChI is InChI=1S/C25H28N5OS/c1-18(2)32(31)23-5-3-4-20(14-23)24-16-28-30-17-21(15-27-25(24)30)19-6-8-22(9-7-19)29-12-10-26-11-13-29/h3-9,14-18,26,31H,10-13H2,1-2H3/q+1. The van der Waals surface area contributed by atoms with Crippen molar-refractivity contribution in [3.63, 3.8) is 0 Å². The van der Waals surface area contributed by atoms with Crippen LogP contribution in [0.2, 0.25) is 0 Å². The minimum Gasteiger partial charge on any atom is -0.369 e. The molecular weight excluding hydrogens is 418 g/mol. The quantitative estimate of drug-likeness (QED) is 0.447. The summed E-state index contributed by atoms with van der Waals surface area (Å²) in [6.45, 7) is 8.21. The lowest BCUT2D eigenvalue weighted by atomic mass is 10.1. The highest BCUT2D eigenvalue weighted by Crippen LogP contribution is 2.29. The molecule has 2 N–H and O–H groups in total. The molecule has 1 aliphatic heterocycles. The molecule has 0 radical (unpaired) electrons. The Balaban J connectivity index is 1.43. The summed E-state index contributed by atoms with van der Waals surface area (Å²) in [4.78, 5) is 8.09. The van der Waals surface area contributed by atoms with E-state index in [0.717, 1.165) is 59.0 Å². The third kappa shape index (κ3) is 4.11. The van der Waals surface area contributed by atoms with Crippen molar-refractivity contribution in [2.75, 3.05) is 31.1 Å². The number of piperazine rings is 1. The highest BCUT2D eigenvalue weighted by atomic mass is 32.2. The van der Waals surface area contributed by atoms with E-state index >= 15 is 0 Å². The first-order valence-electron chi connectivity index (χ1n) is 11.0. The van der Waals surface area contributed by atoms with E-state index < -0.39 is 11.2 Å². The van der Waals surface area contributed by atoms with Gasteiger partial charge < -0.3 is 10.2 Å². The zero-order valence-electron chi connectivity index (χ0n) is 18.4. The summed E-state index contributed by atoms with van der Waals surface area (Å²) in [5.74, 6) is 0. The van der Waals surface area contributed by atoms with Crippen molar-refractivity contribution in [3.05, 3.63) is 67.1 Å². The van der Waals surface area contributed by atoms with Crippen LogP contribution in [0.25, 0.3) is 27.9 Å². The van der Waals surface area contributed by atoms with Gasteiger partial charge in [-0.3, -0.25) is 0 Å². The Morgan fingerprint density at radius 3 is 2.50 bits per heavy atom. The van der Waals surface area contributed by atoms with Crippen LogP contribution in [0.15, 0.2) is 72.0 Å². The Kier molecular flexibility index (Phi) is 5.87. The highest BCUT2D eigenvalue weighted by molar-refractivity contribution is 7.92. The van der Waals surface area contributed by atoms with Crippen LogP contribution >= 0.6 is 0 Å². The first kappa shape index (κ1) is 21.0. The third-order valence-electron chi connectivity index (χ3n) is 5.87. The Morgan fingerprint density at radius 2 is 1.75 bits per heavy atom. The molecule has 5 rings (SSSR count). The summed E-state index contributed by atoms with van der Waals surface area (Å²) in [6, 6.07) is 16.7. The molecule has 32 heavy (non-hydrogen) atoms. The van der Waals surface area contributed by atoms with E-state index in [2.05, 4.69) is 39.6 Å². The van der Waals surface area contributed by atoms with Gasteiger partial charge in [-0.05, 0) is 43.2 Å². The molecule has 2 aromatic carbocycles. The van der Waals surface area contributed by atoms with Gasteiger partial charge in [0.25, 0.3) is 0 Å². The van der Waals surface area contributed by atoms with Gasteiger partial charge in [-0.2, -0.15) is 9.65 Å². The minimum absolute atomic E-state index is 0.188. The average Bonchev–Trinajstić information content (AvgIpc) is 3.27. The largest absolute Gasteiger partial charge is 0.369 e. The molecule has 0 aliphatic carbocycles. The fourth-order valence-electron chi connectivity index (χ4n) is 4.08. The molecule has 0 spiro atoms. The molecule has 3 heterocycles. The maximum Gasteiger partial charge on any atom is 0.190 e. The van der Waals surface area contributed by atoms with E-state index in [9.17, 15) is 4.55 Å². The number of aromatic nitrogens is 3. The van der Waals surface area contributed by atoms with E-state index in [1.807, 2.05) is 61.2 Å². The van der Waals surface area contributed by atoms with Gasteiger partial charge in [0.2, 0.25) is 0 Å². The summed E-state index contributed by atoms with van der Waals surface area (Å²) < 4.78 is 12.3. The molecule has 6 nitrogen and oxygen atoms in total. The van der Waals surface area contributed by atoms with E-state index in [-0.39, 0.29) is 5.25 Å². The second-order valence-corrected chi connectivity index (χ2v) is 10.4. The highest BCUT2D eigenvalue weighted by Gasteiger charge is 2.25. The van der Waals surface area contributed by atoms with Crippen LogP contribution in [-0.2, 0) is 11.2 Å². The molecule has 1 saturated heterocycles. The maximum absolute atomic E-state index is 10.5. The minimum atomic E-state index is -0.778. The molecule has 1 atom stereocenters. The van der Waals surface area contributed by atoms with E-state index in [0.29, 0.717) is 0 Å². The van der Waals surface area contributed by atoms with Crippen LogP contribution in [-0.4, -0.2) is 50.6 Å². The number of rotatable bonds is 5. The smallest absolute Gasteiger partial charge is 0.190 e. The monoisotopic (exact) mass is 446 g/mol. The first-order chi connectivity index (χ1) is 15.6. The molecule has 4 aromatic rings. The van der Waals surface area contributed by atoms with Crippen molar-refractivity contribution in [2.24, 2.45) is 0 Å². The predicted molar refractivity (Wildman–Crippen MR) is 132 cm³/mol. The molecule has 0 bridgehead atoms.